The summed E-state index contributed by atoms with van der Waals surface area (Å²) in [4.78, 5) is 0. The van der Waals surface area contributed by atoms with Crippen molar-refractivity contribution in [3.63, 3.8) is 0 Å². The van der Waals surface area contributed by atoms with Crippen molar-refractivity contribution in [2.45, 2.75) is 6.61 Å². The van der Waals surface area contributed by atoms with Crippen LogP contribution < -0.4 is 9.47 Å². The zero-order valence-corrected chi connectivity index (χ0v) is 10.4. The van der Waals surface area contributed by atoms with Gasteiger partial charge in [0.2, 0.25) is 5.82 Å². The predicted molar refractivity (Wildman–Crippen MR) is 65.0 cm³/mol. The highest BCUT2D eigenvalue weighted by atomic mass is 19.3. The standard InChI is InChI=1S/C14H10F4O2/c1-19-11-7-6-10(12(15)13(11)16)8-2-4-9(5-3-8)20-14(17)18/h2-7,14H,1H3. The summed E-state index contributed by atoms with van der Waals surface area (Å²) in [6, 6.07) is 7.87. The van der Waals surface area contributed by atoms with Gasteiger partial charge in [-0.2, -0.15) is 13.2 Å². The van der Waals surface area contributed by atoms with Crippen LogP contribution in [0, 0.1) is 11.6 Å². The van der Waals surface area contributed by atoms with Gasteiger partial charge in [0.05, 0.1) is 7.11 Å². The van der Waals surface area contributed by atoms with Crippen LogP contribution in [0.15, 0.2) is 36.4 Å². The summed E-state index contributed by atoms with van der Waals surface area (Å²) in [7, 11) is 1.23. The number of hydrogen-bond donors (Lipinski definition) is 0. The van der Waals surface area contributed by atoms with E-state index in [4.69, 9.17) is 0 Å². The van der Waals surface area contributed by atoms with Gasteiger partial charge in [-0.15, -0.1) is 0 Å². The average molecular weight is 286 g/mol. The maximum absolute atomic E-state index is 13.8. The molecule has 0 N–H and O–H groups in total. The van der Waals surface area contributed by atoms with Gasteiger partial charge >= 0.3 is 6.61 Å². The molecule has 20 heavy (non-hydrogen) atoms. The Bertz CT molecular complexity index is 597. The van der Waals surface area contributed by atoms with Crippen LogP contribution in [0.3, 0.4) is 0 Å². The number of methoxy groups -OCH3 is 1. The molecule has 2 aromatic rings. The first kappa shape index (κ1) is 14.2. The molecule has 0 heterocycles. The van der Waals surface area contributed by atoms with Crippen LogP contribution in [0.1, 0.15) is 0 Å². The molecule has 0 aliphatic heterocycles. The molecule has 2 aromatic carbocycles. The number of rotatable bonds is 4. The maximum atomic E-state index is 13.8. The third-order valence-electron chi connectivity index (χ3n) is 2.66. The summed E-state index contributed by atoms with van der Waals surface area (Å²) >= 11 is 0. The molecule has 6 heteroatoms. The molecule has 0 aliphatic carbocycles. The normalized spacial score (nSPS) is 10.7. The Morgan fingerprint density at radius 3 is 2.10 bits per heavy atom. The third kappa shape index (κ3) is 2.84. The molecule has 106 valence electrons. The predicted octanol–water partition coefficient (Wildman–Crippen LogP) is 4.24. The van der Waals surface area contributed by atoms with Crippen molar-refractivity contribution in [3.8, 4) is 22.6 Å². The van der Waals surface area contributed by atoms with Crippen LogP contribution in [-0.2, 0) is 0 Å². The fraction of sp³-hybridized carbons (Fsp3) is 0.143. The number of hydrogen-bond acceptors (Lipinski definition) is 2. The lowest BCUT2D eigenvalue weighted by molar-refractivity contribution is -0.0498. The van der Waals surface area contributed by atoms with Crippen molar-refractivity contribution >= 4 is 0 Å². The molecule has 0 radical (unpaired) electrons. The van der Waals surface area contributed by atoms with Gasteiger partial charge in [-0.3, -0.25) is 0 Å². The van der Waals surface area contributed by atoms with Crippen molar-refractivity contribution in [2.75, 3.05) is 7.11 Å². The van der Waals surface area contributed by atoms with Crippen LogP contribution in [0.25, 0.3) is 11.1 Å². The molecule has 2 nitrogen and oxygen atoms in total. The Kier molecular flexibility index (Phi) is 4.12. The van der Waals surface area contributed by atoms with Crippen LogP contribution in [0.4, 0.5) is 17.6 Å². The second-order valence-corrected chi connectivity index (χ2v) is 3.85. The lowest BCUT2D eigenvalue weighted by Crippen LogP contribution is -2.01. The van der Waals surface area contributed by atoms with Crippen molar-refractivity contribution in [1.82, 2.24) is 0 Å². The summed E-state index contributed by atoms with van der Waals surface area (Å²) in [5.41, 5.74) is 0.345. The molecule has 0 atom stereocenters. The topological polar surface area (TPSA) is 18.5 Å². The highest BCUT2D eigenvalue weighted by Gasteiger charge is 2.15. The average Bonchev–Trinajstić information content (AvgIpc) is 2.42. The molecule has 0 unspecified atom stereocenters. The Labute approximate surface area is 112 Å². The first-order chi connectivity index (χ1) is 9.52. The second-order valence-electron chi connectivity index (χ2n) is 3.85. The van der Waals surface area contributed by atoms with Gasteiger partial charge in [-0.05, 0) is 29.8 Å². The van der Waals surface area contributed by atoms with E-state index >= 15 is 0 Å². The quantitative estimate of drug-likeness (QED) is 0.783. The van der Waals surface area contributed by atoms with Crippen molar-refractivity contribution in [3.05, 3.63) is 48.0 Å². The second kappa shape index (κ2) is 5.81. The summed E-state index contributed by atoms with van der Waals surface area (Å²) < 4.78 is 60.2. The van der Waals surface area contributed by atoms with Gasteiger partial charge in [0.1, 0.15) is 5.75 Å². The van der Waals surface area contributed by atoms with Crippen LogP contribution in [0.5, 0.6) is 11.5 Å². The van der Waals surface area contributed by atoms with E-state index in [0.29, 0.717) is 5.56 Å². The third-order valence-corrected chi connectivity index (χ3v) is 2.66. The molecule has 2 rings (SSSR count). The van der Waals surface area contributed by atoms with E-state index in [0.717, 1.165) is 0 Å². The fourth-order valence-corrected chi connectivity index (χ4v) is 1.73. The molecule has 0 aromatic heterocycles. The highest BCUT2D eigenvalue weighted by Crippen LogP contribution is 2.30. The van der Waals surface area contributed by atoms with Gasteiger partial charge in [0, 0.05) is 5.56 Å². The van der Waals surface area contributed by atoms with E-state index in [-0.39, 0.29) is 17.1 Å². The van der Waals surface area contributed by atoms with E-state index < -0.39 is 18.2 Å². The summed E-state index contributed by atoms with van der Waals surface area (Å²) in [5, 5.41) is 0. The van der Waals surface area contributed by atoms with E-state index in [2.05, 4.69) is 9.47 Å². The molecule has 0 spiro atoms. The van der Waals surface area contributed by atoms with Crippen LogP contribution in [0.2, 0.25) is 0 Å². The largest absolute Gasteiger partial charge is 0.494 e. The lowest BCUT2D eigenvalue weighted by atomic mass is 10.0. The van der Waals surface area contributed by atoms with Gasteiger partial charge < -0.3 is 9.47 Å². The maximum Gasteiger partial charge on any atom is 0.387 e. The number of benzene rings is 2. The minimum absolute atomic E-state index is 0.00639. The van der Waals surface area contributed by atoms with E-state index in [1.165, 1.54) is 43.5 Å². The fourth-order valence-electron chi connectivity index (χ4n) is 1.73. The Hall–Kier alpha value is -2.24. The molecule has 0 aliphatic rings. The number of halogens is 4. The van der Waals surface area contributed by atoms with Gasteiger partial charge in [0.25, 0.3) is 0 Å². The van der Waals surface area contributed by atoms with E-state index in [9.17, 15) is 17.6 Å². The summed E-state index contributed by atoms with van der Waals surface area (Å²) in [6.45, 7) is -2.93. The summed E-state index contributed by atoms with van der Waals surface area (Å²) in [5.74, 6) is -2.42. The molecule has 0 bridgehead atoms. The first-order valence-electron chi connectivity index (χ1n) is 5.60. The Morgan fingerprint density at radius 2 is 1.55 bits per heavy atom. The number of alkyl halides is 2. The van der Waals surface area contributed by atoms with Crippen molar-refractivity contribution in [1.29, 1.82) is 0 Å². The van der Waals surface area contributed by atoms with Crippen LogP contribution in [-0.4, -0.2) is 13.7 Å². The smallest absolute Gasteiger partial charge is 0.387 e. The van der Waals surface area contributed by atoms with Crippen LogP contribution >= 0.6 is 0 Å². The van der Waals surface area contributed by atoms with E-state index in [1.807, 2.05) is 0 Å². The van der Waals surface area contributed by atoms with Gasteiger partial charge in [-0.25, -0.2) is 4.39 Å². The first-order valence-corrected chi connectivity index (χ1v) is 5.60. The molecular weight excluding hydrogens is 276 g/mol. The highest BCUT2D eigenvalue weighted by molar-refractivity contribution is 5.66. The SMILES string of the molecule is COc1ccc(-c2ccc(OC(F)F)cc2)c(F)c1F. The summed E-state index contributed by atoms with van der Waals surface area (Å²) in [6.07, 6.45) is 0. The molecule has 0 fully saturated rings. The van der Waals surface area contributed by atoms with Gasteiger partial charge in [0.15, 0.2) is 11.6 Å². The zero-order valence-electron chi connectivity index (χ0n) is 10.4. The molecule has 0 saturated heterocycles. The zero-order chi connectivity index (χ0) is 14.7. The number of ether oxygens (including phenoxy) is 2. The Balaban J connectivity index is 2.35. The van der Waals surface area contributed by atoms with Gasteiger partial charge in [-0.1, -0.05) is 12.1 Å². The minimum Gasteiger partial charge on any atom is -0.494 e. The van der Waals surface area contributed by atoms with E-state index in [1.54, 1.807) is 0 Å². The molecule has 0 amide bonds. The Morgan fingerprint density at radius 1 is 0.900 bits per heavy atom. The lowest BCUT2D eigenvalue weighted by Gasteiger charge is -2.09. The van der Waals surface area contributed by atoms with Crippen molar-refractivity contribution in [2.24, 2.45) is 0 Å². The molecule has 0 saturated carbocycles. The molecular formula is C14H10F4O2. The monoisotopic (exact) mass is 286 g/mol. The van der Waals surface area contributed by atoms with Crippen molar-refractivity contribution < 1.29 is 27.0 Å². The minimum atomic E-state index is -2.93.